The van der Waals surface area contributed by atoms with Crippen molar-refractivity contribution in [3.05, 3.63) is 23.0 Å². The number of nitrogens with two attached hydrogens (primary N) is 1. The fraction of sp³-hybridized carbons (Fsp3) is 0.364. The van der Waals surface area contributed by atoms with Crippen LogP contribution in [0, 0.1) is 5.82 Å². The number of halogens is 2. The van der Waals surface area contributed by atoms with E-state index in [0.717, 1.165) is 18.6 Å². The van der Waals surface area contributed by atoms with Crippen LogP contribution in [0.4, 0.5) is 14.9 Å². The number of nitrogens with one attached hydrogen (secondary N) is 2. The van der Waals surface area contributed by atoms with E-state index in [1.54, 1.807) is 4.72 Å². The van der Waals surface area contributed by atoms with Gasteiger partial charge in [0.1, 0.15) is 4.90 Å². The third-order valence-corrected chi connectivity index (χ3v) is 3.91. The van der Waals surface area contributed by atoms with Gasteiger partial charge in [0.05, 0.1) is 5.69 Å². The molecule has 0 unspecified atom stereocenters. The van der Waals surface area contributed by atoms with Gasteiger partial charge >= 0.3 is 6.03 Å². The van der Waals surface area contributed by atoms with Crippen LogP contribution in [0.2, 0.25) is 5.02 Å². The van der Waals surface area contributed by atoms with Crippen molar-refractivity contribution >= 4 is 33.3 Å². The summed E-state index contributed by atoms with van der Waals surface area (Å²) in [5, 5.41) is 2.30. The molecule has 0 spiro atoms. The molecule has 0 aliphatic carbocycles. The average molecular weight is 324 g/mol. The molecule has 20 heavy (non-hydrogen) atoms. The molecule has 2 amide bonds. The van der Waals surface area contributed by atoms with Crippen molar-refractivity contribution in [1.82, 2.24) is 10.0 Å². The lowest BCUT2D eigenvalue weighted by Gasteiger charge is -2.10. The maximum absolute atomic E-state index is 13.7. The summed E-state index contributed by atoms with van der Waals surface area (Å²) in [4.78, 5) is 10.6. The lowest BCUT2D eigenvalue weighted by atomic mass is 10.3. The van der Waals surface area contributed by atoms with Gasteiger partial charge in [-0.05, 0) is 18.6 Å². The largest absolute Gasteiger partial charge is 0.396 e. The minimum absolute atomic E-state index is 0.0457. The lowest BCUT2D eigenvalue weighted by Crippen LogP contribution is -2.40. The Hall–Kier alpha value is -1.54. The summed E-state index contributed by atoms with van der Waals surface area (Å²) in [6.45, 7) is 2.23. The van der Waals surface area contributed by atoms with E-state index in [-0.39, 0.29) is 5.02 Å². The molecule has 112 valence electrons. The molecule has 4 N–H and O–H groups in total. The molecule has 0 saturated heterocycles. The van der Waals surface area contributed by atoms with Crippen molar-refractivity contribution in [2.24, 2.45) is 0 Å². The van der Waals surface area contributed by atoms with E-state index in [1.807, 2.05) is 6.92 Å². The predicted octanol–water partition coefficient (Wildman–Crippen LogP) is 1.85. The topological polar surface area (TPSA) is 101 Å². The van der Waals surface area contributed by atoms with Gasteiger partial charge in [-0.2, -0.15) is 0 Å². The Balaban J connectivity index is 2.92. The zero-order chi connectivity index (χ0) is 15.3. The molecule has 6 nitrogen and oxygen atoms in total. The summed E-state index contributed by atoms with van der Waals surface area (Å²) in [6.07, 6.45) is 1.54. The number of amides is 2. The van der Waals surface area contributed by atoms with E-state index in [1.165, 1.54) is 0 Å². The molecule has 0 bridgehead atoms. The molecular formula is C11H15ClFN3O3S. The Morgan fingerprint density at radius 1 is 1.45 bits per heavy atom. The molecule has 0 aliphatic rings. The maximum Gasteiger partial charge on any atom is 0.328 e. The third-order valence-electron chi connectivity index (χ3n) is 2.36. The average Bonchev–Trinajstić information content (AvgIpc) is 2.33. The van der Waals surface area contributed by atoms with Crippen LogP contribution < -0.4 is 15.8 Å². The van der Waals surface area contributed by atoms with Crippen LogP contribution in [-0.4, -0.2) is 21.0 Å². The van der Waals surface area contributed by atoms with Gasteiger partial charge in [-0.15, -0.1) is 0 Å². The van der Waals surface area contributed by atoms with Crippen LogP contribution in [0.3, 0.4) is 0 Å². The van der Waals surface area contributed by atoms with Crippen LogP contribution in [0.25, 0.3) is 0 Å². The highest BCUT2D eigenvalue weighted by Gasteiger charge is 2.23. The number of urea groups is 1. The van der Waals surface area contributed by atoms with Crippen molar-refractivity contribution < 1.29 is 17.6 Å². The van der Waals surface area contributed by atoms with Gasteiger partial charge in [0.2, 0.25) is 0 Å². The second kappa shape index (κ2) is 6.76. The van der Waals surface area contributed by atoms with Gasteiger partial charge in [-0.25, -0.2) is 22.3 Å². The number of hydrogen-bond acceptors (Lipinski definition) is 4. The molecule has 0 aliphatic heterocycles. The number of benzene rings is 1. The first-order valence-electron chi connectivity index (χ1n) is 5.83. The molecule has 1 rings (SSSR count). The monoisotopic (exact) mass is 323 g/mol. The van der Waals surface area contributed by atoms with Gasteiger partial charge in [0, 0.05) is 11.6 Å². The first-order chi connectivity index (χ1) is 9.27. The van der Waals surface area contributed by atoms with Crippen molar-refractivity contribution in [2.75, 3.05) is 12.3 Å². The second-order valence-corrected chi connectivity index (χ2v) is 6.11. The summed E-state index contributed by atoms with van der Waals surface area (Å²) >= 11 is 5.63. The van der Waals surface area contributed by atoms with E-state index in [9.17, 15) is 17.6 Å². The van der Waals surface area contributed by atoms with Gasteiger partial charge in [0.15, 0.2) is 5.82 Å². The number of carbonyl (C=O) groups excluding carboxylic acids is 1. The molecule has 0 atom stereocenters. The van der Waals surface area contributed by atoms with Gasteiger partial charge in [-0.3, -0.25) is 0 Å². The van der Waals surface area contributed by atoms with E-state index < -0.39 is 32.5 Å². The Labute approximate surface area is 121 Å². The maximum atomic E-state index is 13.7. The van der Waals surface area contributed by atoms with Crippen LogP contribution in [-0.2, 0) is 10.0 Å². The first-order valence-corrected chi connectivity index (χ1v) is 7.69. The van der Waals surface area contributed by atoms with Crippen LogP contribution >= 0.6 is 11.6 Å². The van der Waals surface area contributed by atoms with E-state index in [0.29, 0.717) is 13.0 Å². The Morgan fingerprint density at radius 2 is 2.10 bits per heavy atom. The van der Waals surface area contributed by atoms with E-state index >= 15 is 0 Å². The predicted molar refractivity (Wildman–Crippen MR) is 74.5 cm³/mol. The smallest absolute Gasteiger partial charge is 0.328 e. The van der Waals surface area contributed by atoms with Crippen LogP contribution in [0.5, 0.6) is 0 Å². The van der Waals surface area contributed by atoms with Crippen molar-refractivity contribution in [2.45, 2.75) is 24.7 Å². The molecular weight excluding hydrogens is 309 g/mol. The standard InChI is InChI=1S/C11H15ClFN3O3S/c1-2-3-4-15-11(17)16-20(18,19)9-6-7(12)5-8(14)10(9)13/h5-6H,2-4,14H2,1H3,(H2,15,16,17). The number of rotatable bonds is 5. The highest BCUT2D eigenvalue weighted by Crippen LogP contribution is 2.24. The molecule has 0 saturated carbocycles. The zero-order valence-corrected chi connectivity index (χ0v) is 12.3. The summed E-state index contributed by atoms with van der Waals surface area (Å²) in [7, 11) is -4.37. The minimum atomic E-state index is -4.37. The molecule has 1 aromatic carbocycles. The molecule has 0 aromatic heterocycles. The Kier molecular flexibility index (Phi) is 5.58. The summed E-state index contributed by atoms with van der Waals surface area (Å²) < 4.78 is 39.1. The number of sulfonamides is 1. The van der Waals surface area contributed by atoms with Crippen molar-refractivity contribution in [3.8, 4) is 0 Å². The zero-order valence-electron chi connectivity index (χ0n) is 10.7. The number of carbonyl (C=O) groups is 1. The SMILES string of the molecule is CCCCNC(=O)NS(=O)(=O)c1cc(Cl)cc(N)c1F. The van der Waals surface area contributed by atoms with Gasteiger partial charge in [-0.1, -0.05) is 24.9 Å². The molecule has 0 radical (unpaired) electrons. The summed E-state index contributed by atoms with van der Waals surface area (Å²) in [5.74, 6) is -1.15. The normalized spacial score (nSPS) is 11.2. The number of hydrogen-bond donors (Lipinski definition) is 3. The fourth-order valence-electron chi connectivity index (χ4n) is 1.37. The highest BCUT2D eigenvalue weighted by molar-refractivity contribution is 7.90. The highest BCUT2D eigenvalue weighted by atomic mass is 35.5. The van der Waals surface area contributed by atoms with Crippen molar-refractivity contribution in [1.29, 1.82) is 0 Å². The molecule has 0 fully saturated rings. The third kappa shape index (κ3) is 4.24. The minimum Gasteiger partial charge on any atom is -0.396 e. The lowest BCUT2D eigenvalue weighted by molar-refractivity contribution is 0.245. The molecule has 9 heteroatoms. The molecule has 0 heterocycles. The van der Waals surface area contributed by atoms with Crippen LogP contribution in [0.1, 0.15) is 19.8 Å². The first kappa shape index (κ1) is 16.5. The molecule has 1 aromatic rings. The second-order valence-electron chi connectivity index (χ2n) is 4.02. The van der Waals surface area contributed by atoms with Crippen molar-refractivity contribution in [3.63, 3.8) is 0 Å². The van der Waals surface area contributed by atoms with Gasteiger partial charge in [0.25, 0.3) is 10.0 Å². The van der Waals surface area contributed by atoms with Gasteiger partial charge < -0.3 is 11.1 Å². The summed E-state index contributed by atoms with van der Waals surface area (Å²) in [6, 6.07) is 1.03. The summed E-state index contributed by atoms with van der Waals surface area (Å²) in [5.41, 5.74) is 4.88. The van der Waals surface area contributed by atoms with E-state index in [4.69, 9.17) is 17.3 Å². The Morgan fingerprint density at radius 3 is 2.70 bits per heavy atom. The quantitative estimate of drug-likeness (QED) is 0.568. The van der Waals surface area contributed by atoms with Crippen LogP contribution in [0.15, 0.2) is 17.0 Å². The number of unbranched alkanes of at least 4 members (excludes halogenated alkanes) is 1. The fourth-order valence-corrected chi connectivity index (χ4v) is 2.73. The number of nitrogen functional groups attached to an aromatic ring is 1. The van der Waals surface area contributed by atoms with E-state index in [2.05, 4.69) is 5.32 Å². The Bertz CT molecular complexity index is 607. The number of anilines is 1.